The normalized spacial score (nSPS) is 20.9. The monoisotopic (exact) mass is 403 g/mol. The number of benzene rings is 2. The highest BCUT2D eigenvalue weighted by Gasteiger charge is 2.40. The number of ether oxygens (including phenoxy) is 2. The summed E-state index contributed by atoms with van der Waals surface area (Å²) >= 11 is 0. The minimum atomic E-state index is -4.70. The third-order valence-electron chi connectivity index (χ3n) is 5.27. The van der Waals surface area contributed by atoms with E-state index in [1.165, 1.54) is 12.1 Å². The largest absolute Gasteiger partial charge is 0.573 e. The van der Waals surface area contributed by atoms with Gasteiger partial charge in [0.1, 0.15) is 12.4 Å². The first-order valence-electron chi connectivity index (χ1n) is 9.45. The summed E-state index contributed by atoms with van der Waals surface area (Å²) in [4.78, 5) is 14.4. The number of carbonyl (C=O) groups excluding carboxylic acids is 1. The van der Waals surface area contributed by atoms with Gasteiger partial charge in [-0.15, -0.1) is 13.2 Å². The Hall–Kier alpha value is -2.96. The zero-order valence-corrected chi connectivity index (χ0v) is 15.6. The first kappa shape index (κ1) is 19.4. The van der Waals surface area contributed by atoms with Crippen molar-refractivity contribution in [3.05, 3.63) is 71.8 Å². The van der Waals surface area contributed by atoms with Gasteiger partial charge in [-0.1, -0.05) is 48.5 Å². The number of hydrogen-bond acceptors (Lipinski definition) is 3. The molecule has 2 unspecified atom stereocenters. The Morgan fingerprint density at radius 3 is 2.41 bits per heavy atom. The fraction of sp³-hybridized carbons (Fsp3) is 0.318. The van der Waals surface area contributed by atoms with Crippen LogP contribution in [0.1, 0.15) is 30.4 Å². The van der Waals surface area contributed by atoms with Crippen LogP contribution < -0.4 is 4.74 Å². The minimum Gasteiger partial charge on any atom is -0.445 e. The van der Waals surface area contributed by atoms with Crippen molar-refractivity contribution in [3.63, 3.8) is 0 Å². The number of carbonyl (C=O) groups is 1. The maximum absolute atomic E-state index is 12.6. The fourth-order valence-electron chi connectivity index (χ4n) is 3.99. The summed E-state index contributed by atoms with van der Waals surface area (Å²) in [7, 11) is 0. The first-order valence-corrected chi connectivity index (χ1v) is 9.45. The molecule has 0 radical (unpaired) electrons. The molecule has 4 nitrogen and oxygen atoms in total. The molecule has 0 spiro atoms. The van der Waals surface area contributed by atoms with Crippen molar-refractivity contribution < 1.29 is 27.4 Å². The number of rotatable bonds is 4. The summed E-state index contributed by atoms with van der Waals surface area (Å²) in [5.41, 5.74) is 2.81. The van der Waals surface area contributed by atoms with Crippen molar-refractivity contribution in [2.24, 2.45) is 0 Å². The van der Waals surface area contributed by atoms with E-state index in [-0.39, 0.29) is 30.5 Å². The maximum Gasteiger partial charge on any atom is 0.573 e. The predicted octanol–water partition coefficient (Wildman–Crippen LogP) is 5.54. The topological polar surface area (TPSA) is 38.8 Å². The Labute approximate surface area is 166 Å². The SMILES string of the molecule is O=C(OCc1ccccc1)N1C2C=C(c3ccc(OC(F)(F)F)cc3)CC1CC2. The summed E-state index contributed by atoms with van der Waals surface area (Å²) in [5.74, 6) is -0.244. The van der Waals surface area contributed by atoms with Gasteiger partial charge in [-0.3, -0.25) is 4.90 Å². The van der Waals surface area contributed by atoms with E-state index in [0.29, 0.717) is 6.42 Å². The molecule has 2 aromatic rings. The van der Waals surface area contributed by atoms with Crippen LogP contribution in [0.5, 0.6) is 5.75 Å². The van der Waals surface area contributed by atoms with Crippen LogP contribution in [0.25, 0.3) is 5.57 Å². The van der Waals surface area contributed by atoms with Gasteiger partial charge >= 0.3 is 12.5 Å². The van der Waals surface area contributed by atoms with Gasteiger partial charge < -0.3 is 9.47 Å². The Morgan fingerprint density at radius 2 is 1.76 bits per heavy atom. The van der Waals surface area contributed by atoms with E-state index in [2.05, 4.69) is 4.74 Å². The van der Waals surface area contributed by atoms with Crippen LogP contribution in [-0.2, 0) is 11.3 Å². The number of hydrogen-bond donors (Lipinski definition) is 0. The molecule has 1 fully saturated rings. The number of halogens is 3. The molecule has 2 aliphatic rings. The summed E-state index contributed by atoms with van der Waals surface area (Å²) in [5, 5.41) is 0. The average Bonchev–Trinajstić information content (AvgIpc) is 2.96. The number of fused-ring (bicyclic) bond motifs is 2. The third-order valence-corrected chi connectivity index (χ3v) is 5.27. The van der Waals surface area contributed by atoms with Crippen molar-refractivity contribution in [2.75, 3.05) is 0 Å². The Morgan fingerprint density at radius 1 is 1.03 bits per heavy atom. The Balaban J connectivity index is 1.42. The van der Waals surface area contributed by atoms with Crippen LogP contribution in [0.4, 0.5) is 18.0 Å². The second-order valence-electron chi connectivity index (χ2n) is 7.21. The lowest BCUT2D eigenvalue weighted by atomic mass is 9.95. The summed E-state index contributed by atoms with van der Waals surface area (Å²) < 4.78 is 46.4. The van der Waals surface area contributed by atoms with Crippen LogP contribution in [0.3, 0.4) is 0 Å². The van der Waals surface area contributed by atoms with Gasteiger partial charge in [0.05, 0.1) is 6.04 Å². The molecule has 2 atom stereocenters. The molecule has 1 saturated heterocycles. The van der Waals surface area contributed by atoms with Gasteiger partial charge in [0, 0.05) is 6.04 Å². The van der Waals surface area contributed by atoms with Gasteiger partial charge in [0.25, 0.3) is 0 Å². The highest BCUT2D eigenvalue weighted by molar-refractivity contribution is 5.75. The molecular weight excluding hydrogens is 383 g/mol. The molecule has 29 heavy (non-hydrogen) atoms. The fourth-order valence-corrected chi connectivity index (χ4v) is 3.99. The smallest absolute Gasteiger partial charge is 0.445 e. The molecule has 152 valence electrons. The molecule has 2 aliphatic heterocycles. The van der Waals surface area contributed by atoms with Gasteiger partial charge in [-0.25, -0.2) is 4.79 Å². The van der Waals surface area contributed by atoms with Crippen LogP contribution in [0.15, 0.2) is 60.7 Å². The van der Waals surface area contributed by atoms with E-state index in [4.69, 9.17) is 4.74 Å². The summed E-state index contributed by atoms with van der Waals surface area (Å²) in [6, 6.07) is 15.4. The molecule has 4 rings (SSSR count). The van der Waals surface area contributed by atoms with Crippen molar-refractivity contribution >= 4 is 11.7 Å². The molecule has 0 aliphatic carbocycles. The van der Waals surface area contributed by atoms with Crippen molar-refractivity contribution in [1.29, 1.82) is 0 Å². The highest BCUT2D eigenvalue weighted by atomic mass is 19.4. The van der Waals surface area contributed by atoms with Gasteiger partial charge in [-0.05, 0) is 48.1 Å². The molecule has 1 amide bonds. The third kappa shape index (κ3) is 4.55. The quantitative estimate of drug-likeness (QED) is 0.673. The van der Waals surface area contributed by atoms with Gasteiger partial charge in [-0.2, -0.15) is 0 Å². The molecule has 0 N–H and O–H groups in total. The van der Waals surface area contributed by atoms with Gasteiger partial charge in [0.15, 0.2) is 0 Å². The Bertz CT molecular complexity index is 894. The van der Waals surface area contributed by atoms with Crippen LogP contribution in [0.2, 0.25) is 0 Å². The average molecular weight is 403 g/mol. The van der Waals surface area contributed by atoms with E-state index in [1.807, 2.05) is 36.4 Å². The first-order chi connectivity index (χ1) is 13.9. The lowest BCUT2D eigenvalue weighted by Gasteiger charge is -2.33. The zero-order chi connectivity index (χ0) is 20.4. The second-order valence-corrected chi connectivity index (χ2v) is 7.21. The molecular formula is C22H20F3NO3. The van der Waals surface area contributed by atoms with Crippen LogP contribution in [0, 0.1) is 0 Å². The van der Waals surface area contributed by atoms with Crippen molar-refractivity contribution in [1.82, 2.24) is 4.90 Å². The molecule has 0 saturated carbocycles. The molecule has 2 bridgehead atoms. The van der Waals surface area contributed by atoms with E-state index in [0.717, 1.165) is 29.5 Å². The van der Waals surface area contributed by atoms with Crippen LogP contribution in [-0.4, -0.2) is 29.4 Å². The molecule has 2 heterocycles. The van der Waals surface area contributed by atoms with E-state index in [9.17, 15) is 18.0 Å². The minimum absolute atomic E-state index is 0.0365. The summed E-state index contributed by atoms with van der Waals surface area (Å²) in [6.07, 6.45) is -0.635. The van der Waals surface area contributed by atoms with E-state index in [1.54, 1.807) is 17.0 Å². The predicted molar refractivity (Wildman–Crippen MR) is 101 cm³/mol. The van der Waals surface area contributed by atoms with Crippen molar-refractivity contribution in [2.45, 2.75) is 44.3 Å². The molecule has 0 aromatic heterocycles. The van der Waals surface area contributed by atoms with E-state index >= 15 is 0 Å². The maximum atomic E-state index is 12.6. The highest BCUT2D eigenvalue weighted by Crippen LogP contribution is 2.39. The number of nitrogens with zero attached hydrogens (tertiary/aromatic N) is 1. The Kier molecular flexibility index (Phi) is 5.22. The zero-order valence-electron chi connectivity index (χ0n) is 15.6. The number of amides is 1. The standard InChI is InChI=1S/C22H20F3NO3/c23-22(24,25)29-20-10-6-16(7-11-20)17-12-18-8-9-19(13-17)26(18)21(27)28-14-15-4-2-1-3-5-15/h1-7,10-12,18-19H,8-9,13-14H2. The lowest BCUT2D eigenvalue weighted by molar-refractivity contribution is -0.274. The van der Waals surface area contributed by atoms with Gasteiger partial charge in [0.2, 0.25) is 0 Å². The summed E-state index contributed by atoms with van der Waals surface area (Å²) in [6.45, 7) is 0.229. The van der Waals surface area contributed by atoms with Crippen molar-refractivity contribution in [3.8, 4) is 5.75 Å². The molecule has 2 aromatic carbocycles. The lowest BCUT2D eigenvalue weighted by Crippen LogP contribution is -2.43. The second kappa shape index (κ2) is 7.81. The van der Waals surface area contributed by atoms with Crippen LogP contribution >= 0.6 is 0 Å². The number of alkyl halides is 3. The van der Waals surface area contributed by atoms with E-state index < -0.39 is 6.36 Å². The molecule has 7 heteroatoms.